The lowest BCUT2D eigenvalue weighted by Gasteiger charge is -2.36. The van der Waals surface area contributed by atoms with Crippen molar-refractivity contribution < 1.29 is 14.8 Å². The fourth-order valence-corrected chi connectivity index (χ4v) is 2.39. The van der Waals surface area contributed by atoms with E-state index in [0.717, 1.165) is 0 Å². The number of anilines is 1. The van der Waals surface area contributed by atoms with Crippen LogP contribution in [0.1, 0.15) is 22.8 Å². The number of hydrogen-bond donors (Lipinski definition) is 2. The van der Waals surface area contributed by atoms with Crippen molar-refractivity contribution in [2.75, 3.05) is 12.3 Å². The fraction of sp³-hybridized carbons (Fsp3) is 0.176. The van der Waals surface area contributed by atoms with Gasteiger partial charge in [0.25, 0.3) is 5.91 Å². The van der Waals surface area contributed by atoms with Gasteiger partial charge >= 0.3 is 0 Å². The molecule has 2 rings (SSSR count). The number of carbonyl (C=O) groups is 2. The summed E-state index contributed by atoms with van der Waals surface area (Å²) in [5, 5.41) is 19.3. The van der Waals surface area contributed by atoms with Gasteiger partial charge in [0.15, 0.2) is 0 Å². The molecule has 2 amide bonds. The summed E-state index contributed by atoms with van der Waals surface area (Å²) in [6.07, 6.45) is 0. The van der Waals surface area contributed by atoms with E-state index in [1.54, 1.807) is 37.3 Å². The minimum Gasteiger partial charge on any atom is -0.733 e. The van der Waals surface area contributed by atoms with E-state index in [1.165, 1.54) is 36.2 Å². The van der Waals surface area contributed by atoms with Crippen LogP contribution in [0.15, 0.2) is 54.6 Å². The van der Waals surface area contributed by atoms with Crippen molar-refractivity contribution in [2.24, 2.45) is 5.73 Å². The van der Waals surface area contributed by atoms with Gasteiger partial charge < -0.3 is 21.1 Å². The van der Waals surface area contributed by atoms with Crippen LogP contribution in [0.2, 0.25) is 0 Å². The molecule has 7 heteroatoms. The Bertz CT molecular complexity index is 731. The lowest BCUT2D eigenvalue weighted by molar-refractivity contribution is -0.127. The molecule has 0 unspecified atom stereocenters. The summed E-state index contributed by atoms with van der Waals surface area (Å²) in [7, 11) is 1.49. The van der Waals surface area contributed by atoms with E-state index >= 15 is 0 Å². The first-order valence-corrected chi connectivity index (χ1v) is 7.18. The summed E-state index contributed by atoms with van der Waals surface area (Å²) in [4.78, 5) is 26.1. The zero-order valence-corrected chi connectivity index (χ0v) is 13.3. The second-order valence-corrected chi connectivity index (χ2v) is 5.49. The molecule has 3 N–H and O–H groups in total. The molecule has 2 aromatic rings. The van der Waals surface area contributed by atoms with E-state index in [-0.39, 0.29) is 16.5 Å². The number of benzene rings is 2. The quantitative estimate of drug-likeness (QED) is 0.814. The average Bonchev–Trinajstić information content (AvgIpc) is 2.60. The molecule has 0 saturated heterocycles. The van der Waals surface area contributed by atoms with Gasteiger partial charge in [-0.3, -0.25) is 14.8 Å². The first-order valence-electron chi connectivity index (χ1n) is 7.18. The molecule has 1 atom stereocenters. The van der Waals surface area contributed by atoms with Crippen molar-refractivity contribution in [2.45, 2.75) is 12.5 Å². The largest absolute Gasteiger partial charge is 0.733 e. The van der Waals surface area contributed by atoms with Gasteiger partial charge in [-0.15, -0.1) is 0 Å². The van der Waals surface area contributed by atoms with Crippen LogP contribution < -0.4 is 11.0 Å². The van der Waals surface area contributed by atoms with Gasteiger partial charge in [-0.1, -0.05) is 30.3 Å². The number of nitrogens with two attached hydrogens (primary N) is 1. The minimum atomic E-state index is -1.33. The van der Waals surface area contributed by atoms with Crippen LogP contribution in [0.4, 0.5) is 5.69 Å². The Labute approximate surface area is 139 Å². The fourth-order valence-electron chi connectivity index (χ4n) is 2.39. The van der Waals surface area contributed by atoms with Gasteiger partial charge in [0, 0.05) is 12.6 Å². The number of amides is 2. The third-order valence-corrected chi connectivity index (χ3v) is 4.13. The number of carbonyl (C=O) groups excluding carboxylic acids is 2. The predicted octanol–water partition coefficient (Wildman–Crippen LogP) is 1.85. The van der Waals surface area contributed by atoms with E-state index in [9.17, 15) is 14.8 Å². The molecule has 0 aliphatic carbocycles. The Morgan fingerprint density at radius 3 is 2.08 bits per heavy atom. The Balaban J connectivity index is 2.38. The topological polar surface area (TPSA) is 110 Å². The SMILES string of the molecule is CN(C(=O)c1ccc(N([O-])O)cc1)[C@](C)(C(N)=O)c1ccccc1. The van der Waals surface area contributed by atoms with Gasteiger partial charge in [-0.25, -0.2) is 0 Å². The highest BCUT2D eigenvalue weighted by atomic mass is 16.8. The van der Waals surface area contributed by atoms with Crippen LogP contribution in [0.5, 0.6) is 0 Å². The van der Waals surface area contributed by atoms with Gasteiger partial charge in [-0.05, 0) is 36.8 Å². The third-order valence-electron chi connectivity index (χ3n) is 4.13. The molecule has 126 valence electrons. The molecule has 0 aromatic heterocycles. The number of nitrogens with zero attached hydrogens (tertiary/aromatic N) is 2. The highest BCUT2D eigenvalue weighted by Gasteiger charge is 2.40. The van der Waals surface area contributed by atoms with Crippen molar-refractivity contribution >= 4 is 17.5 Å². The highest BCUT2D eigenvalue weighted by molar-refractivity contribution is 5.99. The molecule has 7 nitrogen and oxygen atoms in total. The highest BCUT2D eigenvalue weighted by Crippen LogP contribution is 2.28. The molecular formula is C17H18N3O4-. The summed E-state index contributed by atoms with van der Waals surface area (Å²) in [6, 6.07) is 14.1. The lowest BCUT2D eigenvalue weighted by Crippen LogP contribution is -2.53. The smallest absolute Gasteiger partial charge is 0.254 e. The van der Waals surface area contributed by atoms with Crippen LogP contribution >= 0.6 is 0 Å². The monoisotopic (exact) mass is 328 g/mol. The molecule has 24 heavy (non-hydrogen) atoms. The number of rotatable bonds is 5. The minimum absolute atomic E-state index is 0.00470. The zero-order valence-electron chi connectivity index (χ0n) is 13.3. The summed E-state index contributed by atoms with van der Waals surface area (Å²) in [5.41, 5.74) is 5.08. The predicted molar refractivity (Wildman–Crippen MR) is 89.2 cm³/mol. The third kappa shape index (κ3) is 3.08. The van der Waals surface area contributed by atoms with Gasteiger partial charge in [-0.2, -0.15) is 0 Å². The number of primary amides is 1. The second-order valence-electron chi connectivity index (χ2n) is 5.49. The molecule has 0 radical (unpaired) electrons. The molecule has 0 spiro atoms. The maximum Gasteiger partial charge on any atom is 0.254 e. The summed E-state index contributed by atoms with van der Waals surface area (Å²) >= 11 is 0. The van der Waals surface area contributed by atoms with Crippen molar-refractivity contribution in [1.29, 1.82) is 0 Å². The van der Waals surface area contributed by atoms with Crippen LogP contribution in [0.3, 0.4) is 0 Å². The second kappa shape index (κ2) is 6.69. The van der Waals surface area contributed by atoms with E-state index in [2.05, 4.69) is 0 Å². The van der Waals surface area contributed by atoms with Gasteiger partial charge in [0.1, 0.15) is 5.54 Å². The van der Waals surface area contributed by atoms with E-state index in [0.29, 0.717) is 5.56 Å². The standard InChI is InChI=1S/C17H18N3O4/c1-17(16(18)22,13-6-4-3-5-7-13)19(2)15(21)12-8-10-14(11-9-12)20(23)24/h3-11,23H,1-2H3,(H2,18,22)/q-1/t17-/m0/s1. The van der Waals surface area contributed by atoms with E-state index in [4.69, 9.17) is 10.9 Å². The van der Waals surface area contributed by atoms with Crippen LogP contribution in [0, 0.1) is 5.21 Å². The van der Waals surface area contributed by atoms with Gasteiger partial charge in [0.2, 0.25) is 5.91 Å². The van der Waals surface area contributed by atoms with Crippen molar-refractivity contribution in [1.82, 2.24) is 4.90 Å². The zero-order chi connectivity index (χ0) is 17.9. The molecular weight excluding hydrogens is 310 g/mol. The average molecular weight is 328 g/mol. The number of hydrogen-bond acceptors (Lipinski definition) is 5. The Morgan fingerprint density at radius 2 is 1.62 bits per heavy atom. The molecule has 0 bridgehead atoms. The van der Waals surface area contributed by atoms with E-state index in [1.807, 2.05) is 0 Å². The van der Waals surface area contributed by atoms with E-state index < -0.39 is 17.4 Å². The maximum absolute atomic E-state index is 12.7. The first kappa shape index (κ1) is 17.5. The molecule has 2 aromatic carbocycles. The molecule has 0 saturated carbocycles. The van der Waals surface area contributed by atoms with Crippen molar-refractivity contribution in [3.8, 4) is 0 Å². The summed E-state index contributed by atoms with van der Waals surface area (Å²) in [5.74, 6) is -1.11. The first-order chi connectivity index (χ1) is 11.3. The molecule has 0 heterocycles. The molecule has 0 aliphatic rings. The van der Waals surface area contributed by atoms with Crippen LogP contribution in [-0.2, 0) is 10.3 Å². The molecule has 0 fully saturated rings. The van der Waals surface area contributed by atoms with Crippen LogP contribution in [-0.4, -0.2) is 29.0 Å². The lowest BCUT2D eigenvalue weighted by atomic mass is 9.89. The number of likely N-dealkylation sites (N-methyl/N-ethyl adjacent to an activating group) is 1. The van der Waals surface area contributed by atoms with Crippen molar-refractivity contribution in [3.63, 3.8) is 0 Å². The summed E-state index contributed by atoms with van der Waals surface area (Å²) in [6.45, 7) is 1.57. The van der Waals surface area contributed by atoms with Crippen LogP contribution in [0.25, 0.3) is 0 Å². The normalized spacial score (nSPS) is 13.0. The Hall–Kier alpha value is -2.90. The Morgan fingerprint density at radius 1 is 1.08 bits per heavy atom. The molecule has 0 aliphatic heterocycles. The Kier molecular flexibility index (Phi) is 4.87. The van der Waals surface area contributed by atoms with Crippen molar-refractivity contribution in [3.05, 3.63) is 70.9 Å². The maximum atomic E-state index is 12.7. The summed E-state index contributed by atoms with van der Waals surface area (Å²) < 4.78 is 0. The van der Waals surface area contributed by atoms with Gasteiger partial charge in [0.05, 0.1) is 5.69 Å².